The minimum atomic E-state index is -0.468. The van der Waals surface area contributed by atoms with Crippen LogP contribution in [0.3, 0.4) is 0 Å². The summed E-state index contributed by atoms with van der Waals surface area (Å²) in [7, 11) is 0. The third-order valence-electron chi connectivity index (χ3n) is 5.27. The van der Waals surface area contributed by atoms with E-state index in [9.17, 15) is 4.79 Å². The van der Waals surface area contributed by atoms with Crippen LogP contribution in [0.1, 0.15) is 33.4 Å². The molecule has 2 heteroatoms. The van der Waals surface area contributed by atoms with Gasteiger partial charge >= 0.3 is 5.97 Å². The van der Waals surface area contributed by atoms with E-state index in [0.29, 0.717) is 5.75 Å². The van der Waals surface area contributed by atoms with E-state index < -0.39 is 5.97 Å². The second-order valence-electron chi connectivity index (χ2n) is 7.95. The van der Waals surface area contributed by atoms with E-state index in [4.69, 9.17) is 4.74 Å². The molecule has 0 heterocycles. The summed E-state index contributed by atoms with van der Waals surface area (Å²) in [4.78, 5) is 11.4. The monoisotopic (exact) mass is 454 g/mol. The van der Waals surface area contributed by atoms with Gasteiger partial charge < -0.3 is 4.74 Å². The minimum absolute atomic E-state index is 0.468. The second-order valence-corrected chi connectivity index (χ2v) is 7.95. The maximum absolute atomic E-state index is 11.4. The first-order valence-electron chi connectivity index (χ1n) is 11.4. The Kier molecular flexibility index (Phi) is 8.02. The van der Waals surface area contributed by atoms with E-state index >= 15 is 0 Å². The highest BCUT2D eigenvalue weighted by atomic mass is 16.5. The molecule has 0 aliphatic heterocycles. The van der Waals surface area contributed by atoms with Gasteiger partial charge in [0.25, 0.3) is 0 Å². The van der Waals surface area contributed by atoms with Crippen LogP contribution in [0, 0.1) is 0 Å². The Hall–Kier alpha value is -4.69. The van der Waals surface area contributed by atoms with Gasteiger partial charge in [0.1, 0.15) is 5.75 Å². The summed E-state index contributed by atoms with van der Waals surface area (Å²) in [5.41, 5.74) is 6.66. The predicted octanol–water partition coefficient (Wildman–Crippen LogP) is 8.29. The molecular weight excluding hydrogens is 428 g/mol. The lowest BCUT2D eigenvalue weighted by molar-refractivity contribution is -0.128. The standard InChI is InChI=1S/C33H26O2/c1-2-33(34)35-32-21-19-28(20-22-32)15-18-31-24-29(16-13-26-9-5-3-6-10-26)23-30(25-31)17-14-27-11-7-4-8-12-27/h2-25H,1H2/b16-13+,17-14+,18-15+. The van der Waals surface area contributed by atoms with Crippen LogP contribution in [0.2, 0.25) is 0 Å². The lowest BCUT2D eigenvalue weighted by atomic mass is 10.0. The molecule has 4 rings (SSSR count). The van der Waals surface area contributed by atoms with Crippen LogP contribution in [-0.2, 0) is 4.79 Å². The van der Waals surface area contributed by atoms with Crippen LogP contribution < -0.4 is 4.74 Å². The maximum atomic E-state index is 11.4. The molecule has 0 fully saturated rings. The van der Waals surface area contributed by atoms with Gasteiger partial charge in [-0.1, -0.05) is 116 Å². The second kappa shape index (κ2) is 12.0. The summed E-state index contributed by atoms with van der Waals surface area (Å²) in [6.07, 6.45) is 13.8. The molecule has 0 N–H and O–H groups in total. The number of hydrogen-bond acceptors (Lipinski definition) is 2. The number of carbonyl (C=O) groups is 1. The van der Waals surface area contributed by atoms with Crippen LogP contribution >= 0.6 is 0 Å². The molecule has 2 nitrogen and oxygen atoms in total. The molecule has 0 aromatic heterocycles. The Balaban J connectivity index is 1.59. The molecule has 0 aliphatic rings. The third-order valence-corrected chi connectivity index (χ3v) is 5.27. The fourth-order valence-corrected chi connectivity index (χ4v) is 3.50. The van der Waals surface area contributed by atoms with Crippen LogP contribution in [0.5, 0.6) is 5.75 Å². The number of rotatable bonds is 8. The highest BCUT2D eigenvalue weighted by Gasteiger charge is 2.00. The first-order chi connectivity index (χ1) is 17.2. The van der Waals surface area contributed by atoms with E-state index in [0.717, 1.165) is 39.5 Å². The topological polar surface area (TPSA) is 26.3 Å². The molecule has 0 unspecified atom stereocenters. The van der Waals surface area contributed by atoms with Gasteiger partial charge in [-0.15, -0.1) is 0 Å². The zero-order valence-corrected chi connectivity index (χ0v) is 19.4. The van der Waals surface area contributed by atoms with Crippen molar-refractivity contribution in [3.05, 3.63) is 149 Å². The average Bonchev–Trinajstić information content (AvgIpc) is 2.91. The third kappa shape index (κ3) is 7.41. The smallest absolute Gasteiger partial charge is 0.335 e. The average molecular weight is 455 g/mol. The highest BCUT2D eigenvalue weighted by Crippen LogP contribution is 2.20. The van der Waals surface area contributed by atoms with E-state index in [1.807, 2.05) is 54.6 Å². The number of hydrogen-bond donors (Lipinski definition) is 0. The number of ether oxygens (including phenoxy) is 1. The molecule has 0 saturated carbocycles. The van der Waals surface area contributed by atoms with Crippen molar-refractivity contribution in [2.24, 2.45) is 0 Å². The summed E-state index contributed by atoms with van der Waals surface area (Å²) in [5, 5.41) is 0. The van der Waals surface area contributed by atoms with Crippen LogP contribution in [0.15, 0.2) is 116 Å². The van der Waals surface area contributed by atoms with E-state index in [-0.39, 0.29) is 0 Å². The quantitative estimate of drug-likeness (QED) is 0.116. The van der Waals surface area contributed by atoms with Crippen molar-refractivity contribution in [3.63, 3.8) is 0 Å². The van der Waals surface area contributed by atoms with Crippen molar-refractivity contribution in [3.8, 4) is 5.75 Å². The minimum Gasteiger partial charge on any atom is -0.423 e. The molecule has 0 bridgehead atoms. The van der Waals surface area contributed by atoms with Gasteiger partial charge in [-0.25, -0.2) is 4.79 Å². The van der Waals surface area contributed by atoms with Crippen molar-refractivity contribution in [1.82, 2.24) is 0 Å². The fraction of sp³-hybridized carbons (Fsp3) is 0. The molecular formula is C33H26O2. The van der Waals surface area contributed by atoms with Gasteiger partial charge in [0.15, 0.2) is 0 Å². The van der Waals surface area contributed by atoms with Crippen molar-refractivity contribution in [2.75, 3.05) is 0 Å². The number of benzene rings is 4. The van der Waals surface area contributed by atoms with Crippen LogP contribution in [-0.4, -0.2) is 5.97 Å². The molecule has 0 radical (unpaired) electrons. The van der Waals surface area contributed by atoms with E-state index in [1.165, 1.54) is 0 Å². The van der Waals surface area contributed by atoms with Gasteiger partial charge in [-0.2, -0.15) is 0 Å². The van der Waals surface area contributed by atoms with Gasteiger partial charge in [-0.3, -0.25) is 0 Å². The van der Waals surface area contributed by atoms with Crippen molar-refractivity contribution >= 4 is 42.4 Å². The van der Waals surface area contributed by atoms with Crippen LogP contribution in [0.25, 0.3) is 36.5 Å². The lowest BCUT2D eigenvalue weighted by Crippen LogP contribution is -2.02. The molecule has 0 amide bonds. The normalized spacial score (nSPS) is 11.3. The Morgan fingerprint density at radius 3 is 1.29 bits per heavy atom. The molecule has 0 saturated heterocycles. The molecule has 0 spiro atoms. The molecule has 35 heavy (non-hydrogen) atoms. The Morgan fingerprint density at radius 2 is 0.886 bits per heavy atom. The first kappa shape index (κ1) is 23.5. The summed E-state index contributed by atoms with van der Waals surface area (Å²) >= 11 is 0. The summed E-state index contributed by atoms with van der Waals surface area (Å²) in [6.45, 7) is 3.42. The highest BCUT2D eigenvalue weighted by molar-refractivity contribution is 5.83. The SMILES string of the molecule is C=CC(=O)Oc1ccc(/C=C/c2cc(/C=C/c3ccccc3)cc(/C=C/c3ccccc3)c2)cc1. The lowest BCUT2D eigenvalue weighted by Gasteiger charge is -2.04. The fourth-order valence-electron chi connectivity index (χ4n) is 3.50. The van der Waals surface area contributed by atoms with Crippen molar-refractivity contribution in [2.45, 2.75) is 0 Å². The van der Waals surface area contributed by atoms with Gasteiger partial charge in [0.2, 0.25) is 0 Å². The zero-order valence-electron chi connectivity index (χ0n) is 19.4. The van der Waals surface area contributed by atoms with Crippen molar-refractivity contribution in [1.29, 1.82) is 0 Å². The molecule has 4 aromatic carbocycles. The number of esters is 1. The zero-order chi connectivity index (χ0) is 24.3. The number of carbonyl (C=O) groups excluding carboxylic acids is 1. The molecule has 4 aromatic rings. The van der Waals surface area contributed by atoms with Crippen LogP contribution in [0.4, 0.5) is 0 Å². The Morgan fingerprint density at radius 1 is 0.514 bits per heavy atom. The largest absolute Gasteiger partial charge is 0.423 e. The van der Waals surface area contributed by atoms with Gasteiger partial charge in [0.05, 0.1) is 0 Å². The van der Waals surface area contributed by atoms with Gasteiger partial charge in [-0.05, 0) is 63.7 Å². The summed E-state index contributed by atoms with van der Waals surface area (Å²) in [6, 6.07) is 34.4. The maximum Gasteiger partial charge on any atom is 0.335 e. The van der Waals surface area contributed by atoms with Crippen molar-refractivity contribution < 1.29 is 9.53 Å². The molecule has 0 aliphatic carbocycles. The first-order valence-corrected chi connectivity index (χ1v) is 11.4. The summed E-state index contributed by atoms with van der Waals surface area (Å²) in [5.74, 6) is 0.0261. The van der Waals surface area contributed by atoms with Gasteiger partial charge in [0, 0.05) is 6.08 Å². The van der Waals surface area contributed by atoms with E-state index in [2.05, 4.69) is 79.4 Å². The Labute approximate surface area is 206 Å². The predicted molar refractivity (Wildman–Crippen MR) is 148 cm³/mol. The Bertz CT molecular complexity index is 1290. The molecule has 0 atom stereocenters. The van der Waals surface area contributed by atoms with E-state index in [1.54, 1.807) is 12.1 Å². The summed E-state index contributed by atoms with van der Waals surface area (Å²) < 4.78 is 5.14. The molecule has 170 valence electrons.